The lowest BCUT2D eigenvalue weighted by molar-refractivity contribution is -0.125. The SMILES string of the molecule is CCC1CN(CC(=O)C(C)C)CCO1. The van der Waals surface area contributed by atoms with Crippen LogP contribution in [-0.4, -0.2) is 43.0 Å². The van der Waals surface area contributed by atoms with Gasteiger partial charge in [0.15, 0.2) is 0 Å². The first-order valence-corrected chi connectivity index (χ1v) is 5.50. The van der Waals surface area contributed by atoms with E-state index in [4.69, 9.17) is 4.74 Å². The van der Waals surface area contributed by atoms with E-state index in [-0.39, 0.29) is 5.92 Å². The van der Waals surface area contributed by atoms with Crippen LogP contribution in [0.1, 0.15) is 27.2 Å². The first-order chi connectivity index (χ1) is 6.63. The first kappa shape index (κ1) is 11.7. The van der Waals surface area contributed by atoms with Crippen LogP contribution < -0.4 is 0 Å². The summed E-state index contributed by atoms with van der Waals surface area (Å²) in [5, 5.41) is 0. The number of rotatable bonds is 4. The van der Waals surface area contributed by atoms with Crippen molar-refractivity contribution in [1.29, 1.82) is 0 Å². The van der Waals surface area contributed by atoms with Crippen molar-refractivity contribution in [3.63, 3.8) is 0 Å². The molecule has 82 valence electrons. The molecule has 1 unspecified atom stereocenters. The lowest BCUT2D eigenvalue weighted by Gasteiger charge is -2.32. The van der Waals surface area contributed by atoms with Crippen molar-refractivity contribution >= 4 is 5.78 Å². The summed E-state index contributed by atoms with van der Waals surface area (Å²) >= 11 is 0. The summed E-state index contributed by atoms with van der Waals surface area (Å²) in [5.41, 5.74) is 0. The average molecular weight is 199 g/mol. The molecule has 0 bridgehead atoms. The topological polar surface area (TPSA) is 29.5 Å². The number of hydrogen-bond donors (Lipinski definition) is 0. The van der Waals surface area contributed by atoms with Crippen LogP contribution in [0.4, 0.5) is 0 Å². The fourth-order valence-electron chi connectivity index (χ4n) is 1.57. The molecule has 1 fully saturated rings. The van der Waals surface area contributed by atoms with Crippen molar-refractivity contribution in [2.75, 3.05) is 26.2 Å². The number of nitrogens with zero attached hydrogens (tertiary/aromatic N) is 1. The quantitative estimate of drug-likeness (QED) is 0.684. The molecule has 1 heterocycles. The van der Waals surface area contributed by atoms with E-state index >= 15 is 0 Å². The summed E-state index contributed by atoms with van der Waals surface area (Å²) in [5.74, 6) is 0.486. The summed E-state index contributed by atoms with van der Waals surface area (Å²) in [7, 11) is 0. The van der Waals surface area contributed by atoms with Crippen molar-refractivity contribution in [2.24, 2.45) is 5.92 Å². The zero-order valence-electron chi connectivity index (χ0n) is 9.45. The van der Waals surface area contributed by atoms with E-state index in [0.717, 1.165) is 26.1 Å². The smallest absolute Gasteiger partial charge is 0.149 e. The molecular formula is C11H21NO2. The Balaban J connectivity index is 2.34. The van der Waals surface area contributed by atoms with Gasteiger partial charge in [0.05, 0.1) is 19.3 Å². The highest BCUT2D eigenvalue weighted by molar-refractivity contribution is 5.82. The third kappa shape index (κ3) is 3.39. The maximum Gasteiger partial charge on any atom is 0.149 e. The minimum absolute atomic E-state index is 0.151. The van der Waals surface area contributed by atoms with Gasteiger partial charge in [0.25, 0.3) is 0 Å². The van der Waals surface area contributed by atoms with Crippen LogP contribution in [0, 0.1) is 5.92 Å². The van der Waals surface area contributed by atoms with E-state index in [2.05, 4.69) is 11.8 Å². The Labute approximate surface area is 86.4 Å². The Morgan fingerprint density at radius 3 is 2.86 bits per heavy atom. The predicted molar refractivity (Wildman–Crippen MR) is 56.3 cm³/mol. The zero-order valence-corrected chi connectivity index (χ0v) is 9.45. The normalized spacial score (nSPS) is 24.1. The molecule has 0 radical (unpaired) electrons. The van der Waals surface area contributed by atoms with Crippen molar-refractivity contribution < 1.29 is 9.53 Å². The second kappa shape index (κ2) is 5.47. The monoisotopic (exact) mass is 199 g/mol. The molecule has 0 saturated carbocycles. The minimum Gasteiger partial charge on any atom is -0.376 e. The van der Waals surface area contributed by atoms with Gasteiger partial charge in [-0.2, -0.15) is 0 Å². The maximum atomic E-state index is 11.5. The van der Waals surface area contributed by atoms with E-state index in [1.54, 1.807) is 0 Å². The van der Waals surface area contributed by atoms with E-state index in [9.17, 15) is 4.79 Å². The molecule has 1 aliphatic rings. The van der Waals surface area contributed by atoms with Gasteiger partial charge in [0, 0.05) is 19.0 Å². The van der Waals surface area contributed by atoms with Gasteiger partial charge in [-0.3, -0.25) is 9.69 Å². The molecule has 0 spiro atoms. The molecule has 0 aromatic heterocycles. The van der Waals surface area contributed by atoms with E-state index in [1.165, 1.54) is 0 Å². The summed E-state index contributed by atoms with van der Waals surface area (Å²) < 4.78 is 5.55. The highest BCUT2D eigenvalue weighted by Crippen LogP contribution is 2.08. The minimum atomic E-state index is 0.151. The number of Topliss-reactive ketones (excluding diaryl/α,β-unsaturated/α-hetero) is 1. The highest BCUT2D eigenvalue weighted by atomic mass is 16.5. The van der Waals surface area contributed by atoms with Gasteiger partial charge >= 0.3 is 0 Å². The molecule has 1 atom stereocenters. The number of ketones is 1. The van der Waals surface area contributed by atoms with E-state index in [0.29, 0.717) is 18.4 Å². The van der Waals surface area contributed by atoms with E-state index < -0.39 is 0 Å². The van der Waals surface area contributed by atoms with Crippen molar-refractivity contribution in [1.82, 2.24) is 4.90 Å². The number of hydrogen-bond acceptors (Lipinski definition) is 3. The Bertz CT molecular complexity index is 192. The largest absolute Gasteiger partial charge is 0.376 e. The van der Waals surface area contributed by atoms with Crippen LogP contribution in [0.15, 0.2) is 0 Å². The van der Waals surface area contributed by atoms with Crippen LogP contribution in [0.3, 0.4) is 0 Å². The molecule has 0 amide bonds. The Morgan fingerprint density at radius 2 is 2.29 bits per heavy atom. The molecule has 1 aliphatic heterocycles. The van der Waals surface area contributed by atoms with Crippen LogP contribution in [0.25, 0.3) is 0 Å². The molecule has 3 nitrogen and oxygen atoms in total. The number of carbonyl (C=O) groups is 1. The summed E-state index contributed by atoms with van der Waals surface area (Å²) in [6.45, 7) is 9.21. The maximum absolute atomic E-state index is 11.5. The molecule has 0 aromatic rings. The number of ether oxygens (including phenoxy) is 1. The van der Waals surface area contributed by atoms with Crippen molar-refractivity contribution in [3.8, 4) is 0 Å². The van der Waals surface area contributed by atoms with Gasteiger partial charge in [-0.1, -0.05) is 20.8 Å². The van der Waals surface area contributed by atoms with Gasteiger partial charge in [0.1, 0.15) is 5.78 Å². The zero-order chi connectivity index (χ0) is 10.6. The molecule has 14 heavy (non-hydrogen) atoms. The lowest BCUT2D eigenvalue weighted by atomic mass is 10.1. The van der Waals surface area contributed by atoms with Crippen molar-refractivity contribution in [2.45, 2.75) is 33.3 Å². The van der Waals surface area contributed by atoms with Gasteiger partial charge in [-0.15, -0.1) is 0 Å². The third-order valence-corrected chi connectivity index (χ3v) is 2.70. The Morgan fingerprint density at radius 1 is 1.57 bits per heavy atom. The van der Waals surface area contributed by atoms with Crippen LogP contribution in [-0.2, 0) is 9.53 Å². The summed E-state index contributed by atoms with van der Waals surface area (Å²) in [4.78, 5) is 13.7. The van der Waals surface area contributed by atoms with Crippen LogP contribution in [0.2, 0.25) is 0 Å². The molecule has 3 heteroatoms. The Hall–Kier alpha value is -0.410. The molecule has 0 aliphatic carbocycles. The summed E-state index contributed by atoms with van der Waals surface area (Å²) in [6.07, 6.45) is 1.36. The predicted octanol–water partition coefficient (Wildman–Crippen LogP) is 1.32. The fraction of sp³-hybridized carbons (Fsp3) is 0.909. The molecule has 0 aromatic carbocycles. The van der Waals surface area contributed by atoms with Crippen LogP contribution in [0.5, 0.6) is 0 Å². The fourth-order valence-corrected chi connectivity index (χ4v) is 1.57. The number of morpholine rings is 1. The third-order valence-electron chi connectivity index (χ3n) is 2.70. The second-order valence-electron chi connectivity index (χ2n) is 4.26. The van der Waals surface area contributed by atoms with Gasteiger partial charge in [-0.05, 0) is 6.42 Å². The first-order valence-electron chi connectivity index (χ1n) is 5.50. The standard InChI is InChI=1S/C11H21NO2/c1-4-10-7-12(5-6-14-10)8-11(13)9(2)3/h9-10H,4-8H2,1-3H3. The molecule has 1 saturated heterocycles. The van der Waals surface area contributed by atoms with Gasteiger partial charge in [0.2, 0.25) is 0 Å². The number of carbonyl (C=O) groups excluding carboxylic acids is 1. The molecule has 0 N–H and O–H groups in total. The Kier molecular flexibility index (Phi) is 4.55. The highest BCUT2D eigenvalue weighted by Gasteiger charge is 2.21. The van der Waals surface area contributed by atoms with Gasteiger partial charge in [-0.25, -0.2) is 0 Å². The molecular weight excluding hydrogens is 178 g/mol. The molecule has 1 rings (SSSR count). The van der Waals surface area contributed by atoms with Crippen LogP contribution >= 0.6 is 0 Å². The average Bonchev–Trinajstić information content (AvgIpc) is 2.18. The second-order valence-corrected chi connectivity index (χ2v) is 4.26. The van der Waals surface area contributed by atoms with E-state index in [1.807, 2.05) is 13.8 Å². The lowest BCUT2D eigenvalue weighted by Crippen LogP contribution is -2.45. The summed E-state index contributed by atoms with van der Waals surface area (Å²) in [6, 6.07) is 0. The van der Waals surface area contributed by atoms with Crippen molar-refractivity contribution in [3.05, 3.63) is 0 Å². The van der Waals surface area contributed by atoms with Gasteiger partial charge < -0.3 is 4.74 Å².